The Morgan fingerprint density at radius 2 is 2.00 bits per heavy atom. The molecule has 0 aromatic rings. The molecule has 15 heavy (non-hydrogen) atoms. The molecule has 90 valence electrons. The van der Waals surface area contributed by atoms with Crippen LogP contribution < -0.4 is 5.73 Å². The second-order valence-electron chi connectivity index (χ2n) is 5.51. The van der Waals surface area contributed by atoms with Crippen LogP contribution in [0.4, 0.5) is 0 Å². The maximum absolute atomic E-state index is 5.83. The maximum atomic E-state index is 5.83. The third-order valence-electron chi connectivity index (χ3n) is 2.59. The lowest BCUT2D eigenvalue weighted by Gasteiger charge is -2.29. The number of rotatable bonds is 7. The second-order valence-corrected chi connectivity index (χ2v) is 5.51. The average Bonchev–Trinajstić information content (AvgIpc) is 2.13. The minimum absolute atomic E-state index is 0.373. The van der Waals surface area contributed by atoms with Crippen LogP contribution in [0.15, 0.2) is 12.7 Å². The molecule has 0 aromatic heterocycles. The lowest BCUT2D eigenvalue weighted by atomic mass is 9.84. The molecular weight excluding hydrogens is 184 g/mol. The zero-order valence-electron chi connectivity index (χ0n) is 10.9. The molecule has 0 aliphatic rings. The van der Waals surface area contributed by atoms with Crippen LogP contribution in [0.1, 0.15) is 34.1 Å². The molecule has 2 heteroatoms. The highest BCUT2D eigenvalue weighted by molar-refractivity contribution is 4.77. The van der Waals surface area contributed by atoms with Crippen molar-refractivity contribution in [2.75, 3.05) is 26.2 Å². The standard InChI is InChI=1S/C13H28N2/c1-6-8-15(7-2)11-12(10-14)9-13(3,4)5/h6,12H,1,7-11,14H2,2-5H3. The Bertz CT molecular complexity index is 170. The van der Waals surface area contributed by atoms with Gasteiger partial charge in [0, 0.05) is 13.1 Å². The number of nitrogens with two attached hydrogens (primary N) is 1. The van der Waals surface area contributed by atoms with Gasteiger partial charge < -0.3 is 5.73 Å². The van der Waals surface area contributed by atoms with Crippen molar-refractivity contribution in [3.63, 3.8) is 0 Å². The first-order chi connectivity index (χ1) is 6.92. The summed E-state index contributed by atoms with van der Waals surface area (Å²) in [6, 6.07) is 0. The molecule has 0 saturated carbocycles. The summed E-state index contributed by atoms with van der Waals surface area (Å²) in [5.41, 5.74) is 6.20. The van der Waals surface area contributed by atoms with E-state index in [9.17, 15) is 0 Å². The van der Waals surface area contributed by atoms with Gasteiger partial charge in [0.25, 0.3) is 0 Å². The fourth-order valence-electron chi connectivity index (χ4n) is 1.97. The Kier molecular flexibility index (Phi) is 6.86. The summed E-state index contributed by atoms with van der Waals surface area (Å²) < 4.78 is 0. The Balaban J connectivity index is 4.11. The number of hydrogen-bond acceptors (Lipinski definition) is 2. The summed E-state index contributed by atoms with van der Waals surface area (Å²) in [6.07, 6.45) is 3.16. The Labute approximate surface area is 95.5 Å². The molecule has 0 aliphatic heterocycles. The summed E-state index contributed by atoms with van der Waals surface area (Å²) >= 11 is 0. The van der Waals surface area contributed by atoms with E-state index >= 15 is 0 Å². The van der Waals surface area contributed by atoms with Gasteiger partial charge in [0.1, 0.15) is 0 Å². The Morgan fingerprint density at radius 1 is 1.40 bits per heavy atom. The van der Waals surface area contributed by atoms with Crippen LogP contribution in [-0.2, 0) is 0 Å². The molecule has 0 spiro atoms. The van der Waals surface area contributed by atoms with Crippen LogP contribution in [0, 0.1) is 11.3 Å². The maximum Gasteiger partial charge on any atom is 0.0160 e. The molecule has 1 atom stereocenters. The average molecular weight is 212 g/mol. The molecule has 0 aromatic carbocycles. The van der Waals surface area contributed by atoms with Gasteiger partial charge in [-0.05, 0) is 30.8 Å². The summed E-state index contributed by atoms with van der Waals surface area (Å²) in [7, 11) is 0. The summed E-state index contributed by atoms with van der Waals surface area (Å²) in [4.78, 5) is 2.40. The molecular formula is C13H28N2. The van der Waals surface area contributed by atoms with Crippen LogP contribution in [0.3, 0.4) is 0 Å². The molecule has 2 N–H and O–H groups in total. The fraction of sp³-hybridized carbons (Fsp3) is 0.846. The summed E-state index contributed by atoms with van der Waals surface area (Å²) in [5, 5.41) is 0. The molecule has 0 radical (unpaired) electrons. The minimum atomic E-state index is 0.373. The van der Waals surface area contributed by atoms with Crippen LogP contribution in [0.2, 0.25) is 0 Å². The van der Waals surface area contributed by atoms with E-state index in [4.69, 9.17) is 5.73 Å². The van der Waals surface area contributed by atoms with Gasteiger partial charge in [-0.3, -0.25) is 4.90 Å². The fourth-order valence-corrected chi connectivity index (χ4v) is 1.97. The highest BCUT2D eigenvalue weighted by Crippen LogP contribution is 2.24. The number of nitrogens with zero attached hydrogens (tertiary/aromatic N) is 1. The first kappa shape index (κ1) is 14.7. The molecule has 0 heterocycles. The zero-order valence-corrected chi connectivity index (χ0v) is 10.9. The van der Waals surface area contributed by atoms with Crippen LogP contribution in [-0.4, -0.2) is 31.1 Å². The van der Waals surface area contributed by atoms with E-state index in [2.05, 4.69) is 39.2 Å². The molecule has 1 unspecified atom stereocenters. The van der Waals surface area contributed by atoms with Gasteiger partial charge in [-0.25, -0.2) is 0 Å². The molecule has 0 rings (SSSR count). The van der Waals surface area contributed by atoms with Crippen molar-refractivity contribution < 1.29 is 0 Å². The monoisotopic (exact) mass is 212 g/mol. The quantitative estimate of drug-likeness (QED) is 0.657. The van der Waals surface area contributed by atoms with E-state index in [1.54, 1.807) is 0 Å². The first-order valence-corrected chi connectivity index (χ1v) is 5.96. The van der Waals surface area contributed by atoms with Crippen molar-refractivity contribution in [1.82, 2.24) is 4.90 Å². The third-order valence-corrected chi connectivity index (χ3v) is 2.59. The number of likely N-dealkylation sites (N-methyl/N-ethyl adjacent to an activating group) is 1. The van der Waals surface area contributed by atoms with Crippen LogP contribution in [0.5, 0.6) is 0 Å². The number of hydrogen-bond donors (Lipinski definition) is 1. The van der Waals surface area contributed by atoms with Crippen LogP contribution in [0.25, 0.3) is 0 Å². The summed E-state index contributed by atoms with van der Waals surface area (Å²) in [5.74, 6) is 0.602. The zero-order chi connectivity index (χ0) is 11.9. The van der Waals surface area contributed by atoms with Crippen molar-refractivity contribution in [2.24, 2.45) is 17.1 Å². The van der Waals surface area contributed by atoms with E-state index < -0.39 is 0 Å². The molecule has 0 saturated heterocycles. The Hall–Kier alpha value is -0.340. The second kappa shape index (κ2) is 7.02. The minimum Gasteiger partial charge on any atom is -0.330 e. The lowest BCUT2D eigenvalue weighted by molar-refractivity contribution is 0.213. The van der Waals surface area contributed by atoms with E-state index in [1.165, 1.54) is 6.42 Å². The largest absolute Gasteiger partial charge is 0.330 e. The predicted molar refractivity (Wildman–Crippen MR) is 68.9 cm³/mol. The van der Waals surface area contributed by atoms with Crippen molar-refractivity contribution in [3.05, 3.63) is 12.7 Å². The van der Waals surface area contributed by atoms with E-state index in [-0.39, 0.29) is 0 Å². The van der Waals surface area contributed by atoms with E-state index in [1.807, 2.05) is 6.08 Å². The van der Waals surface area contributed by atoms with Crippen molar-refractivity contribution in [1.29, 1.82) is 0 Å². The van der Waals surface area contributed by atoms with Crippen molar-refractivity contribution in [2.45, 2.75) is 34.1 Å². The SMILES string of the molecule is C=CCN(CC)CC(CN)CC(C)(C)C. The molecule has 0 fully saturated rings. The highest BCUT2D eigenvalue weighted by atomic mass is 15.1. The third kappa shape index (κ3) is 7.57. The highest BCUT2D eigenvalue weighted by Gasteiger charge is 2.19. The molecule has 0 amide bonds. The van der Waals surface area contributed by atoms with Gasteiger partial charge >= 0.3 is 0 Å². The van der Waals surface area contributed by atoms with Crippen LogP contribution >= 0.6 is 0 Å². The van der Waals surface area contributed by atoms with E-state index in [0.29, 0.717) is 11.3 Å². The normalized spacial score (nSPS) is 14.3. The molecule has 2 nitrogen and oxygen atoms in total. The lowest BCUT2D eigenvalue weighted by Crippen LogP contribution is -2.35. The first-order valence-electron chi connectivity index (χ1n) is 5.96. The molecule has 0 aliphatic carbocycles. The van der Waals surface area contributed by atoms with Gasteiger partial charge in [0.15, 0.2) is 0 Å². The van der Waals surface area contributed by atoms with Gasteiger partial charge in [-0.1, -0.05) is 33.8 Å². The smallest absolute Gasteiger partial charge is 0.0160 e. The Morgan fingerprint density at radius 3 is 2.33 bits per heavy atom. The van der Waals surface area contributed by atoms with E-state index in [0.717, 1.165) is 26.2 Å². The van der Waals surface area contributed by atoms with Gasteiger partial charge in [-0.15, -0.1) is 6.58 Å². The van der Waals surface area contributed by atoms with Crippen molar-refractivity contribution >= 4 is 0 Å². The van der Waals surface area contributed by atoms with Gasteiger partial charge in [0.2, 0.25) is 0 Å². The summed E-state index contributed by atoms with van der Waals surface area (Å²) in [6.45, 7) is 16.7. The predicted octanol–water partition coefficient (Wildman–Crippen LogP) is 2.51. The topological polar surface area (TPSA) is 29.3 Å². The van der Waals surface area contributed by atoms with Crippen molar-refractivity contribution in [3.8, 4) is 0 Å². The molecule has 0 bridgehead atoms. The van der Waals surface area contributed by atoms with Gasteiger partial charge in [-0.2, -0.15) is 0 Å². The van der Waals surface area contributed by atoms with Gasteiger partial charge in [0.05, 0.1) is 0 Å².